The molecule has 0 spiro atoms. The molecular weight excluding hydrogens is 260 g/mol. The van der Waals surface area contributed by atoms with Crippen LogP contribution in [0.2, 0.25) is 5.02 Å². The van der Waals surface area contributed by atoms with E-state index in [2.05, 4.69) is 13.8 Å². The van der Waals surface area contributed by atoms with E-state index >= 15 is 0 Å². The monoisotopic (exact) mass is 284 g/mol. The van der Waals surface area contributed by atoms with Gasteiger partial charge in [0.25, 0.3) is 0 Å². The summed E-state index contributed by atoms with van der Waals surface area (Å²) in [6.07, 6.45) is 1.38. The molecule has 0 bridgehead atoms. The standard InChI is InChI=1S/C16H25ClO2/c1-6-16(18,7-2)10-19-15-9-13(11(3)4)14(17)8-12(15)5/h8-9,11,18H,6-7,10H2,1-5H3. The molecule has 0 atom stereocenters. The van der Waals surface area contributed by atoms with Crippen molar-refractivity contribution in [2.24, 2.45) is 0 Å². The molecule has 0 heterocycles. The summed E-state index contributed by atoms with van der Waals surface area (Å²) in [5, 5.41) is 11.0. The van der Waals surface area contributed by atoms with Crippen LogP contribution in [-0.4, -0.2) is 17.3 Å². The molecule has 0 radical (unpaired) electrons. The van der Waals surface area contributed by atoms with Gasteiger partial charge in [0.1, 0.15) is 12.4 Å². The van der Waals surface area contributed by atoms with Crippen LogP contribution in [0.1, 0.15) is 57.6 Å². The molecule has 1 aromatic carbocycles. The number of rotatable bonds is 6. The van der Waals surface area contributed by atoms with Crippen molar-refractivity contribution in [3.05, 3.63) is 28.3 Å². The van der Waals surface area contributed by atoms with Gasteiger partial charge in [-0.25, -0.2) is 0 Å². The van der Waals surface area contributed by atoms with Gasteiger partial charge in [0.2, 0.25) is 0 Å². The minimum atomic E-state index is -0.746. The maximum absolute atomic E-state index is 10.3. The average molecular weight is 285 g/mol. The van der Waals surface area contributed by atoms with Crippen LogP contribution in [0, 0.1) is 6.92 Å². The molecule has 0 saturated carbocycles. The fourth-order valence-electron chi connectivity index (χ4n) is 1.93. The van der Waals surface area contributed by atoms with Crippen molar-refractivity contribution in [2.75, 3.05) is 6.61 Å². The molecule has 0 aliphatic heterocycles. The first-order valence-electron chi connectivity index (χ1n) is 6.98. The van der Waals surface area contributed by atoms with E-state index in [1.165, 1.54) is 0 Å². The first-order valence-corrected chi connectivity index (χ1v) is 7.36. The Kier molecular flexibility index (Phi) is 5.69. The van der Waals surface area contributed by atoms with Crippen LogP contribution in [-0.2, 0) is 0 Å². The Labute approximate surface area is 121 Å². The molecule has 3 heteroatoms. The lowest BCUT2D eigenvalue weighted by atomic mass is 9.98. The first-order chi connectivity index (χ1) is 8.83. The van der Waals surface area contributed by atoms with Crippen LogP contribution in [0.5, 0.6) is 5.75 Å². The third-order valence-electron chi connectivity index (χ3n) is 3.73. The van der Waals surface area contributed by atoms with Crippen LogP contribution in [0.25, 0.3) is 0 Å². The van der Waals surface area contributed by atoms with Gasteiger partial charge in [-0.3, -0.25) is 0 Å². The number of hydrogen-bond donors (Lipinski definition) is 1. The molecule has 1 aromatic rings. The van der Waals surface area contributed by atoms with Crippen LogP contribution in [0.4, 0.5) is 0 Å². The largest absolute Gasteiger partial charge is 0.490 e. The molecular formula is C16H25ClO2. The SMILES string of the molecule is CCC(O)(CC)COc1cc(C(C)C)c(Cl)cc1C. The third-order valence-corrected chi connectivity index (χ3v) is 4.06. The molecule has 2 nitrogen and oxygen atoms in total. The lowest BCUT2D eigenvalue weighted by molar-refractivity contribution is -0.0115. The lowest BCUT2D eigenvalue weighted by Crippen LogP contribution is -2.34. The van der Waals surface area contributed by atoms with Gasteiger partial charge in [0.05, 0.1) is 5.60 Å². The zero-order valence-electron chi connectivity index (χ0n) is 12.6. The van der Waals surface area contributed by atoms with Gasteiger partial charge in [-0.05, 0) is 48.9 Å². The Bertz CT molecular complexity index is 423. The van der Waals surface area contributed by atoms with E-state index in [0.717, 1.165) is 21.9 Å². The Hall–Kier alpha value is -0.730. The number of halogens is 1. The highest BCUT2D eigenvalue weighted by molar-refractivity contribution is 6.31. The van der Waals surface area contributed by atoms with E-state index in [9.17, 15) is 5.11 Å². The number of ether oxygens (including phenoxy) is 1. The molecule has 0 aliphatic rings. The number of benzene rings is 1. The van der Waals surface area contributed by atoms with Crippen LogP contribution in [0.15, 0.2) is 12.1 Å². The second-order valence-electron chi connectivity index (χ2n) is 5.51. The highest BCUT2D eigenvalue weighted by Gasteiger charge is 2.23. The molecule has 1 rings (SSSR count). The molecule has 108 valence electrons. The second-order valence-corrected chi connectivity index (χ2v) is 5.92. The number of aliphatic hydroxyl groups is 1. The van der Waals surface area contributed by atoms with Gasteiger partial charge in [-0.15, -0.1) is 0 Å². The summed E-state index contributed by atoms with van der Waals surface area (Å²) >= 11 is 6.24. The summed E-state index contributed by atoms with van der Waals surface area (Å²) < 4.78 is 5.82. The van der Waals surface area contributed by atoms with Crippen molar-refractivity contribution in [3.8, 4) is 5.75 Å². The normalized spacial score (nSPS) is 12.0. The van der Waals surface area contributed by atoms with Crippen molar-refractivity contribution in [1.82, 2.24) is 0 Å². The maximum Gasteiger partial charge on any atom is 0.122 e. The van der Waals surface area contributed by atoms with Gasteiger partial charge in [0.15, 0.2) is 0 Å². The topological polar surface area (TPSA) is 29.5 Å². The zero-order valence-corrected chi connectivity index (χ0v) is 13.3. The van der Waals surface area contributed by atoms with E-state index in [1.807, 2.05) is 32.9 Å². The van der Waals surface area contributed by atoms with Crippen LogP contribution >= 0.6 is 11.6 Å². The van der Waals surface area contributed by atoms with Crippen LogP contribution in [0.3, 0.4) is 0 Å². The van der Waals surface area contributed by atoms with E-state index in [-0.39, 0.29) is 0 Å². The second kappa shape index (κ2) is 6.62. The van der Waals surface area contributed by atoms with Gasteiger partial charge < -0.3 is 9.84 Å². The summed E-state index contributed by atoms with van der Waals surface area (Å²) in [5.74, 6) is 1.17. The molecule has 0 aromatic heterocycles. The highest BCUT2D eigenvalue weighted by Crippen LogP contribution is 2.32. The molecule has 0 fully saturated rings. The van der Waals surface area contributed by atoms with Crippen molar-refractivity contribution in [3.63, 3.8) is 0 Å². The van der Waals surface area contributed by atoms with Gasteiger partial charge in [-0.1, -0.05) is 39.3 Å². The summed E-state index contributed by atoms with van der Waals surface area (Å²) in [5.41, 5.74) is 1.34. The Balaban J connectivity index is 2.92. The smallest absolute Gasteiger partial charge is 0.122 e. The number of hydrogen-bond acceptors (Lipinski definition) is 2. The summed E-state index contributed by atoms with van der Waals surface area (Å²) in [6, 6.07) is 3.93. The van der Waals surface area contributed by atoms with Crippen molar-refractivity contribution >= 4 is 11.6 Å². The molecule has 0 saturated heterocycles. The highest BCUT2D eigenvalue weighted by atomic mass is 35.5. The quantitative estimate of drug-likeness (QED) is 0.820. The molecule has 0 amide bonds. The van der Waals surface area contributed by atoms with Gasteiger partial charge in [0, 0.05) is 5.02 Å². The summed E-state index contributed by atoms with van der Waals surface area (Å²) in [4.78, 5) is 0. The van der Waals surface area contributed by atoms with E-state index in [1.54, 1.807) is 0 Å². The van der Waals surface area contributed by atoms with E-state index in [0.29, 0.717) is 25.4 Å². The van der Waals surface area contributed by atoms with E-state index < -0.39 is 5.60 Å². The molecule has 1 N–H and O–H groups in total. The Morgan fingerprint density at radius 3 is 2.32 bits per heavy atom. The van der Waals surface area contributed by atoms with Crippen molar-refractivity contribution in [2.45, 2.75) is 59.0 Å². The fraction of sp³-hybridized carbons (Fsp3) is 0.625. The maximum atomic E-state index is 10.3. The summed E-state index contributed by atoms with van der Waals surface area (Å²) in [6.45, 7) is 10.5. The van der Waals surface area contributed by atoms with Gasteiger partial charge in [-0.2, -0.15) is 0 Å². The van der Waals surface area contributed by atoms with Crippen molar-refractivity contribution in [1.29, 1.82) is 0 Å². The predicted molar refractivity (Wildman–Crippen MR) is 81.3 cm³/mol. The zero-order chi connectivity index (χ0) is 14.6. The minimum absolute atomic E-state index is 0.319. The molecule has 19 heavy (non-hydrogen) atoms. The van der Waals surface area contributed by atoms with Gasteiger partial charge >= 0.3 is 0 Å². The summed E-state index contributed by atoms with van der Waals surface area (Å²) in [7, 11) is 0. The number of aryl methyl sites for hydroxylation is 1. The van der Waals surface area contributed by atoms with E-state index in [4.69, 9.17) is 16.3 Å². The first kappa shape index (κ1) is 16.3. The average Bonchev–Trinajstić information content (AvgIpc) is 2.37. The molecule has 0 aliphatic carbocycles. The fourth-order valence-corrected chi connectivity index (χ4v) is 2.37. The Morgan fingerprint density at radius 1 is 1.26 bits per heavy atom. The minimum Gasteiger partial charge on any atom is -0.490 e. The lowest BCUT2D eigenvalue weighted by Gasteiger charge is -2.26. The third kappa shape index (κ3) is 4.12. The van der Waals surface area contributed by atoms with Crippen LogP contribution < -0.4 is 4.74 Å². The predicted octanol–water partition coefficient (Wildman–Crippen LogP) is 4.70. The Morgan fingerprint density at radius 2 is 1.84 bits per heavy atom. The van der Waals surface area contributed by atoms with Crippen molar-refractivity contribution < 1.29 is 9.84 Å². The molecule has 0 unspecified atom stereocenters.